The van der Waals surface area contributed by atoms with Crippen molar-refractivity contribution in [3.05, 3.63) is 34.3 Å². The van der Waals surface area contributed by atoms with Crippen molar-refractivity contribution in [3.8, 4) is 0 Å². The summed E-state index contributed by atoms with van der Waals surface area (Å²) < 4.78 is 1.06. The summed E-state index contributed by atoms with van der Waals surface area (Å²) in [5, 5.41) is 9.05. The van der Waals surface area contributed by atoms with Crippen LogP contribution in [0.3, 0.4) is 0 Å². The number of hydrogen-bond acceptors (Lipinski definition) is 2. The van der Waals surface area contributed by atoms with Gasteiger partial charge in [-0.1, -0.05) is 48.8 Å². The third kappa shape index (κ3) is 4.62. The maximum absolute atomic E-state index is 11.0. The van der Waals surface area contributed by atoms with Gasteiger partial charge in [-0.05, 0) is 30.7 Å². The van der Waals surface area contributed by atoms with Crippen molar-refractivity contribution < 1.29 is 9.90 Å². The lowest BCUT2D eigenvalue weighted by Gasteiger charge is -2.31. The SMILES string of the molecule is CCC(c1ccc(Br)cc1)N(CC)CC(C)C(=O)O. The van der Waals surface area contributed by atoms with Gasteiger partial charge in [0.2, 0.25) is 0 Å². The number of nitrogens with zero attached hydrogens (tertiary/aromatic N) is 1. The summed E-state index contributed by atoms with van der Waals surface area (Å²) in [6, 6.07) is 8.55. The van der Waals surface area contributed by atoms with Gasteiger partial charge in [-0.2, -0.15) is 0 Å². The van der Waals surface area contributed by atoms with E-state index in [1.807, 2.05) is 12.1 Å². The van der Waals surface area contributed by atoms with Gasteiger partial charge in [-0.3, -0.25) is 9.69 Å². The van der Waals surface area contributed by atoms with Gasteiger partial charge in [0, 0.05) is 17.1 Å². The molecule has 0 heterocycles. The van der Waals surface area contributed by atoms with Crippen molar-refractivity contribution >= 4 is 21.9 Å². The molecule has 2 unspecified atom stereocenters. The van der Waals surface area contributed by atoms with Crippen LogP contribution in [0.15, 0.2) is 28.7 Å². The monoisotopic (exact) mass is 327 g/mol. The molecule has 1 aromatic rings. The molecule has 0 aliphatic heterocycles. The highest BCUT2D eigenvalue weighted by molar-refractivity contribution is 9.10. The van der Waals surface area contributed by atoms with E-state index >= 15 is 0 Å². The summed E-state index contributed by atoms with van der Waals surface area (Å²) in [6.45, 7) is 7.42. The van der Waals surface area contributed by atoms with Crippen molar-refractivity contribution in [1.82, 2.24) is 4.90 Å². The molecule has 0 aromatic heterocycles. The summed E-state index contributed by atoms with van der Waals surface area (Å²) >= 11 is 3.44. The van der Waals surface area contributed by atoms with E-state index in [-0.39, 0.29) is 12.0 Å². The predicted molar refractivity (Wildman–Crippen MR) is 81.2 cm³/mol. The van der Waals surface area contributed by atoms with Crippen LogP contribution < -0.4 is 0 Å². The Morgan fingerprint density at radius 3 is 2.32 bits per heavy atom. The molecule has 1 N–H and O–H groups in total. The number of aliphatic carboxylic acids is 1. The van der Waals surface area contributed by atoms with E-state index in [0.29, 0.717) is 6.54 Å². The molecular formula is C15H22BrNO2. The van der Waals surface area contributed by atoms with Crippen LogP contribution in [0, 0.1) is 5.92 Å². The van der Waals surface area contributed by atoms with Crippen LogP contribution in [0.4, 0.5) is 0 Å². The van der Waals surface area contributed by atoms with Gasteiger partial charge in [0.1, 0.15) is 0 Å². The van der Waals surface area contributed by atoms with E-state index in [1.54, 1.807) is 6.92 Å². The molecule has 2 atom stereocenters. The normalized spacial score (nSPS) is 14.4. The third-order valence-corrected chi connectivity index (χ3v) is 3.95. The van der Waals surface area contributed by atoms with Gasteiger partial charge >= 0.3 is 5.97 Å². The van der Waals surface area contributed by atoms with E-state index in [1.165, 1.54) is 5.56 Å². The van der Waals surface area contributed by atoms with E-state index in [9.17, 15) is 4.79 Å². The van der Waals surface area contributed by atoms with Crippen LogP contribution in [0.1, 0.15) is 38.8 Å². The molecule has 0 saturated heterocycles. The van der Waals surface area contributed by atoms with Gasteiger partial charge in [0.05, 0.1) is 5.92 Å². The maximum atomic E-state index is 11.0. The fourth-order valence-corrected chi connectivity index (χ4v) is 2.56. The Morgan fingerprint density at radius 1 is 1.32 bits per heavy atom. The van der Waals surface area contributed by atoms with E-state index in [0.717, 1.165) is 17.4 Å². The quantitative estimate of drug-likeness (QED) is 0.824. The van der Waals surface area contributed by atoms with Crippen molar-refractivity contribution in [3.63, 3.8) is 0 Å². The number of carboxylic acids is 1. The zero-order chi connectivity index (χ0) is 14.4. The summed E-state index contributed by atoms with van der Waals surface area (Å²) in [5.41, 5.74) is 1.24. The molecule has 0 radical (unpaired) electrons. The lowest BCUT2D eigenvalue weighted by Crippen LogP contribution is -2.34. The maximum Gasteiger partial charge on any atom is 0.307 e. The Morgan fingerprint density at radius 2 is 1.89 bits per heavy atom. The van der Waals surface area contributed by atoms with Gasteiger partial charge in [-0.25, -0.2) is 0 Å². The number of carbonyl (C=O) groups is 1. The molecule has 19 heavy (non-hydrogen) atoms. The molecular weight excluding hydrogens is 306 g/mol. The van der Waals surface area contributed by atoms with Crippen LogP contribution in [0.2, 0.25) is 0 Å². The minimum Gasteiger partial charge on any atom is -0.481 e. The highest BCUT2D eigenvalue weighted by atomic mass is 79.9. The summed E-state index contributed by atoms with van der Waals surface area (Å²) in [5.74, 6) is -1.08. The molecule has 0 aliphatic carbocycles. The fourth-order valence-electron chi connectivity index (χ4n) is 2.30. The molecule has 0 fully saturated rings. The second kappa shape index (κ2) is 7.65. The van der Waals surface area contributed by atoms with E-state index < -0.39 is 5.97 Å². The molecule has 106 valence electrons. The van der Waals surface area contributed by atoms with Gasteiger partial charge in [0.25, 0.3) is 0 Å². The lowest BCUT2D eigenvalue weighted by molar-refractivity contribution is -0.141. The average molecular weight is 328 g/mol. The Kier molecular flexibility index (Phi) is 6.52. The summed E-state index contributed by atoms with van der Waals surface area (Å²) in [7, 11) is 0. The molecule has 3 nitrogen and oxygen atoms in total. The highest BCUT2D eigenvalue weighted by Gasteiger charge is 2.22. The largest absolute Gasteiger partial charge is 0.481 e. The topological polar surface area (TPSA) is 40.5 Å². The zero-order valence-electron chi connectivity index (χ0n) is 11.8. The molecule has 1 aromatic carbocycles. The number of benzene rings is 1. The standard InChI is InChI=1S/C15H22BrNO2/c1-4-14(12-6-8-13(16)9-7-12)17(5-2)10-11(3)15(18)19/h6-9,11,14H,4-5,10H2,1-3H3,(H,18,19). The minimum atomic E-state index is -0.732. The number of halogens is 1. The van der Waals surface area contributed by atoms with E-state index in [2.05, 4.69) is 46.8 Å². The number of carboxylic acid groups (broad SMARTS) is 1. The van der Waals surface area contributed by atoms with Crippen LogP contribution in [0.25, 0.3) is 0 Å². The minimum absolute atomic E-state index is 0.278. The zero-order valence-corrected chi connectivity index (χ0v) is 13.4. The second-order valence-electron chi connectivity index (χ2n) is 4.80. The molecule has 0 bridgehead atoms. The Hall–Kier alpha value is -0.870. The molecule has 1 rings (SSSR count). The number of rotatable bonds is 7. The molecule has 4 heteroatoms. The lowest BCUT2D eigenvalue weighted by atomic mass is 10.0. The summed E-state index contributed by atoms with van der Waals surface area (Å²) in [4.78, 5) is 13.2. The molecule has 0 saturated carbocycles. The van der Waals surface area contributed by atoms with Crippen molar-refractivity contribution in [2.75, 3.05) is 13.1 Å². The first kappa shape index (κ1) is 16.2. The van der Waals surface area contributed by atoms with Gasteiger partial charge in [0.15, 0.2) is 0 Å². The average Bonchev–Trinajstić information content (AvgIpc) is 2.40. The Balaban J connectivity index is 2.86. The van der Waals surface area contributed by atoms with Crippen LogP contribution >= 0.6 is 15.9 Å². The van der Waals surface area contributed by atoms with Crippen molar-refractivity contribution in [2.45, 2.75) is 33.2 Å². The Bertz CT molecular complexity index is 405. The molecule has 0 spiro atoms. The number of hydrogen-bond donors (Lipinski definition) is 1. The van der Waals surface area contributed by atoms with Crippen LogP contribution in [0.5, 0.6) is 0 Å². The summed E-state index contributed by atoms with van der Waals surface area (Å²) in [6.07, 6.45) is 0.974. The molecule has 0 amide bonds. The first-order valence-corrected chi connectivity index (χ1v) is 7.51. The predicted octanol–water partition coefficient (Wildman–Crippen LogP) is 3.94. The van der Waals surface area contributed by atoms with Crippen molar-refractivity contribution in [2.24, 2.45) is 5.92 Å². The fraction of sp³-hybridized carbons (Fsp3) is 0.533. The van der Waals surface area contributed by atoms with Gasteiger partial charge < -0.3 is 5.11 Å². The highest BCUT2D eigenvalue weighted by Crippen LogP contribution is 2.26. The van der Waals surface area contributed by atoms with Gasteiger partial charge in [-0.15, -0.1) is 0 Å². The second-order valence-corrected chi connectivity index (χ2v) is 5.72. The first-order chi connectivity index (χ1) is 8.99. The smallest absolute Gasteiger partial charge is 0.307 e. The van der Waals surface area contributed by atoms with E-state index in [4.69, 9.17) is 5.11 Å². The van der Waals surface area contributed by atoms with Crippen LogP contribution in [-0.2, 0) is 4.79 Å². The van der Waals surface area contributed by atoms with Crippen molar-refractivity contribution in [1.29, 1.82) is 0 Å². The first-order valence-electron chi connectivity index (χ1n) is 6.71. The Labute approximate surface area is 123 Å². The third-order valence-electron chi connectivity index (χ3n) is 3.42. The molecule has 0 aliphatic rings. The van der Waals surface area contributed by atoms with Crippen LogP contribution in [-0.4, -0.2) is 29.1 Å².